The molecule has 23 heavy (non-hydrogen) atoms. The van der Waals surface area contributed by atoms with E-state index in [0.717, 1.165) is 29.9 Å². The smallest absolute Gasteiger partial charge is 0.241 e. The predicted octanol–water partition coefficient (Wildman–Crippen LogP) is 3.30. The molecule has 4 nitrogen and oxygen atoms in total. The highest BCUT2D eigenvalue weighted by Crippen LogP contribution is 2.61. The van der Waals surface area contributed by atoms with Crippen molar-refractivity contribution in [3.05, 3.63) is 18.0 Å². The maximum atomic E-state index is 12.5. The van der Waals surface area contributed by atoms with Crippen LogP contribution in [0.25, 0.3) is 0 Å². The summed E-state index contributed by atoms with van der Waals surface area (Å²) in [6, 6.07) is 2.30. The van der Waals surface area contributed by atoms with Gasteiger partial charge in [-0.1, -0.05) is 6.92 Å². The largest absolute Gasteiger partial charge is 0.351 e. The highest BCUT2D eigenvalue weighted by Gasteiger charge is 2.53. The zero-order valence-corrected chi connectivity index (χ0v) is 14.4. The van der Waals surface area contributed by atoms with Gasteiger partial charge in [-0.15, -0.1) is 0 Å². The molecule has 5 rings (SSSR count). The van der Waals surface area contributed by atoms with Crippen molar-refractivity contribution >= 4 is 5.91 Å². The van der Waals surface area contributed by atoms with Gasteiger partial charge in [-0.25, -0.2) is 0 Å². The molecule has 1 heterocycles. The van der Waals surface area contributed by atoms with Crippen molar-refractivity contribution < 1.29 is 4.79 Å². The minimum absolute atomic E-state index is 0.121. The molecule has 4 aliphatic rings. The summed E-state index contributed by atoms with van der Waals surface area (Å²) in [4.78, 5) is 12.5. The van der Waals surface area contributed by atoms with Crippen LogP contribution in [-0.4, -0.2) is 21.7 Å². The maximum absolute atomic E-state index is 12.5. The van der Waals surface area contributed by atoms with Crippen molar-refractivity contribution in [3.63, 3.8) is 0 Å². The fourth-order valence-corrected chi connectivity index (χ4v) is 6.23. The molecular formula is C19H29N3O. The third kappa shape index (κ3) is 2.81. The monoisotopic (exact) mass is 315 g/mol. The number of carbonyl (C=O) groups is 1. The van der Waals surface area contributed by atoms with Crippen LogP contribution in [0.15, 0.2) is 12.3 Å². The van der Waals surface area contributed by atoms with Gasteiger partial charge in [0.25, 0.3) is 0 Å². The molecular weight excluding hydrogens is 286 g/mol. The first-order valence-corrected chi connectivity index (χ1v) is 9.36. The SMILES string of the molecule is CCC(NC(=O)Cn1ccc(C)n1)C12CC3CC(CC(C3)C1)C2. The van der Waals surface area contributed by atoms with Gasteiger partial charge in [0.2, 0.25) is 5.91 Å². The lowest BCUT2D eigenvalue weighted by Gasteiger charge is -2.59. The summed E-state index contributed by atoms with van der Waals surface area (Å²) < 4.78 is 1.75. The van der Waals surface area contributed by atoms with Gasteiger partial charge >= 0.3 is 0 Å². The third-order valence-electron chi connectivity index (χ3n) is 6.65. The summed E-state index contributed by atoms with van der Waals surface area (Å²) in [5.74, 6) is 2.92. The molecule has 4 heteroatoms. The Balaban J connectivity index is 1.45. The Labute approximate surface area is 139 Å². The number of hydrogen-bond donors (Lipinski definition) is 1. The predicted molar refractivity (Wildman–Crippen MR) is 89.8 cm³/mol. The average Bonchev–Trinajstić information content (AvgIpc) is 2.88. The molecule has 4 saturated carbocycles. The maximum Gasteiger partial charge on any atom is 0.241 e. The standard InChI is InChI=1S/C19H29N3O/c1-3-17(20-18(23)12-22-5-4-13(2)21-22)19-9-14-6-15(10-19)8-16(7-14)11-19/h4-5,14-17H,3,6-12H2,1-2H3,(H,20,23). The molecule has 4 fully saturated rings. The fraction of sp³-hybridized carbons (Fsp3) is 0.789. The first-order valence-electron chi connectivity index (χ1n) is 9.36. The van der Waals surface area contributed by atoms with Crippen LogP contribution in [-0.2, 0) is 11.3 Å². The van der Waals surface area contributed by atoms with Gasteiger partial charge in [0, 0.05) is 12.2 Å². The molecule has 0 radical (unpaired) electrons. The van der Waals surface area contributed by atoms with E-state index < -0.39 is 0 Å². The minimum atomic E-state index is 0.121. The molecule has 1 atom stereocenters. The summed E-state index contributed by atoms with van der Waals surface area (Å²) in [6.07, 6.45) is 11.3. The Morgan fingerprint density at radius 2 is 1.91 bits per heavy atom. The average molecular weight is 315 g/mol. The van der Waals surface area contributed by atoms with Crippen molar-refractivity contribution in [2.75, 3.05) is 0 Å². The lowest BCUT2D eigenvalue weighted by Crippen LogP contribution is -2.57. The zero-order chi connectivity index (χ0) is 16.0. The van der Waals surface area contributed by atoms with E-state index >= 15 is 0 Å². The van der Waals surface area contributed by atoms with E-state index in [9.17, 15) is 4.79 Å². The van der Waals surface area contributed by atoms with Gasteiger partial charge in [0.05, 0.1) is 5.69 Å². The summed E-state index contributed by atoms with van der Waals surface area (Å²) in [7, 11) is 0. The molecule has 1 amide bonds. The van der Waals surface area contributed by atoms with Gasteiger partial charge in [-0.05, 0) is 81.1 Å². The van der Waals surface area contributed by atoms with Crippen LogP contribution in [0.4, 0.5) is 0 Å². The normalized spacial score (nSPS) is 36.2. The van der Waals surface area contributed by atoms with Gasteiger partial charge in [-0.3, -0.25) is 9.48 Å². The van der Waals surface area contributed by atoms with Crippen LogP contribution in [0.3, 0.4) is 0 Å². The molecule has 0 saturated heterocycles. The Kier molecular flexibility index (Phi) is 3.73. The fourth-order valence-electron chi connectivity index (χ4n) is 6.23. The second-order valence-corrected chi connectivity index (χ2v) is 8.46. The van der Waals surface area contributed by atoms with E-state index in [2.05, 4.69) is 17.3 Å². The summed E-state index contributed by atoms with van der Waals surface area (Å²) in [6.45, 7) is 4.54. The third-order valence-corrected chi connectivity index (χ3v) is 6.65. The molecule has 4 aliphatic carbocycles. The van der Waals surface area contributed by atoms with Crippen LogP contribution in [0, 0.1) is 30.1 Å². The highest BCUT2D eigenvalue weighted by molar-refractivity contribution is 5.76. The number of aryl methyl sites for hydroxylation is 1. The van der Waals surface area contributed by atoms with Crippen molar-refractivity contribution in [1.82, 2.24) is 15.1 Å². The second-order valence-electron chi connectivity index (χ2n) is 8.46. The molecule has 0 aliphatic heterocycles. The van der Waals surface area contributed by atoms with Gasteiger partial charge in [0.1, 0.15) is 6.54 Å². The topological polar surface area (TPSA) is 46.9 Å². The number of rotatable bonds is 5. The highest BCUT2D eigenvalue weighted by atomic mass is 16.2. The van der Waals surface area contributed by atoms with E-state index in [4.69, 9.17) is 0 Å². The van der Waals surface area contributed by atoms with Crippen LogP contribution < -0.4 is 5.32 Å². The number of carbonyl (C=O) groups excluding carboxylic acids is 1. The van der Waals surface area contributed by atoms with E-state index in [1.807, 2.05) is 19.2 Å². The lowest BCUT2D eigenvalue weighted by atomic mass is 9.47. The quantitative estimate of drug-likeness (QED) is 0.906. The minimum Gasteiger partial charge on any atom is -0.351 e. The molecule has 0 aromatic carbocycles. The number of amides is 1. The summed E-state index contributed by atoms with van der Waals surface area (Å²) in [5.41, 5.74) is 1.35. The Morgan fingerprint density at radius 1 is 1.30 bits per heavy atom. The first-order chi connectivity index (χ1) is 11.1. The molecule has 126 valence electrons. The molecule has 0 spiro atoms. The van der Waals surface area contributed by atoms with Crippen LogP contribution in [0.1, 0.15) is 57.6 Å². The second kappa shape index (κ2) is 5.64. The number of aromatic nitrogens is 2. The lowest BCUT2D eigenvalue weighted by molar-refractivity contribution is -0.127. The van der Waals surface area contributed by atoms with E-state index in [1.165, 1.54) is 38.5 Å². The van der Waals surface area contributed by atoms with Crippen molar-refractivity contribution in [2.45, 2.75) is 71.4 Å². The number of nitrogens with one attached hydrogen (secondary N) is 1. The molecule has 1 unspecified atom stereocenters. The van der Waals surface area contributed by atoms with Gasteiger partial charge in [0.15, 0.2) is 0 Å². The molecule has 1 aromatic rings. The van der Waals surface area contributed by atoms with Crippen LogP contribution in [0.2, 0.25) is 0 Å². The Morgan fingerprint density at radius 3 is 2.39 bits per heavy atom. The van der Waals surface area contributed by atoms with Gasteiger partial charge < -0.3 is 5.32 Å². The van der Waals surface area contributed by atoms with Crippen molar-refractivity contribution in [1.29, 1.82) is 0 Å². The molecule has 1 aromatic heterocycles. The molecule has 1 N–H and O–H groups in total. The Hall–Kier alpha value is -1.32. The van der Waals surface area contributed by atoms with Crippen LogP contribution in [0.5, 0.6) is 0 Å². The first kappa shape index (κ1) is 15.2. The summed E-state index contributed by atoms with van der Waals surface area (Å²) in [5, 5.41) is 7.71. The van der Waals surface area contributed by atoms with Crippen molar-refractivity contribution in [3.8, 4) is 0 Å². The Bertz CT molecular complexity index is 556. The molecule has 4 bridgehead atoms. The van der Waals surface area contributed by atoms with Gasteiger partial charge in [-0.2, -0.15) is 5.10 Å². The van der Waals surface area contributed by atoms with Crippen LogP contribution >= 0.6 is 0 Å². The number of hydrogen-bond acceptors (Lipinski definition) is 2. The van der Waals surface area contributed by atoms with Crippen molar-refractivity contribution in [2.24, 2.45) is 23.2 Å². The van der Waals surface area contributed by atoms with E-state index in [0.29, 0.717) is 18.0 Å². The zero-order valence-electron chi connectivity index (χ0n) is 14.4. The van der Waals surface area contributed by atoms with E-state index in [1.54, 1.807) is 4.68 Å². The number of nitrogens with zero attached hydrogens (tertiary/aromatic N) is 2. The van der Waals surface area contributed by atoms with E-state index in [-0.39, 0.29) is 5.91 Å². The summed E-state index contributed by atoms with van der Waals surface area (Å²) >= 11 is 0.